The third-order valence-corrected chi connectivity index (χ3v) is 2.48. The molecule has 86 valence electrons. The molecule has 1 aromatic heterocycles. The van der Waals surface area contributed by atoms with E-state index in [1.165, 1.54) is 6.07 Å². The van der Waals surface area contributed by atoms with Crippen molar-refractivity contribution in [3.05, 3.63) is 27.9 Å². The van der Waals surface area contributed by atoms with E-state index in [0.29, 0.717) is 18.9 Å². The van der Waals surface area contributed by atoms with Crippen molar-refractivity contribution in [1.29, 1.82) is 0 Å². The summed E-state index contributed by atoms with van der Waals surface area (Å²) in [5, 5.41) is 3.16. The fraction of sp³-hybridized carbons (Fsp3) is 0.500. The first kappa shape index (κ1) is 10.8. The van der Waals surface area contributed by atoms with E-state index in [4.69, 9.17) is 0 Å². The van der Waals surface area contributed by atoms with Gasteiger partial charge in [0.05, 0.1) is 0 Å². The second-order valence-corrected chi connectivity index (χ2v) is 3.76. The Morgan fingerprint density at radius 1 is 1.44 bits per heavy atom. The van der Waals surface area contributed by atoms with Gasteiger partial charge in [-0.15, -0.1) is 0 Å². The van der Waals surface area contributed by atoms with Crippen molar-refractivity contribution in [3.8, 4) is 0 Å². The van der Waals surface area contributed by atoms with E-state index in [9.17, 15) is 9.59 Å². The maximum Gasteiger partial charge on any atom is 0.272 e. The Labute approximate surface area is 92.7 Å². The number of nitrogens with one attached hydrogen (secondary N) is 2. The third-order valence-electron chi connectivity index (χ3n) is 2.48. The van der Waals surface area contributed by atoms with Gasteiger partial charge in [-0.3, -0.25) is 9.59 Å². The molecule has 1 aromatic rings. The molecule has 1 amide bonds. The standard InChI is InChI=1S/C10H14N4O2/c1-7-12-8(6-9(15)13-7)10(16)14-4-2-11-3-5-14/h6,11H,2-5H2,1H3,(H,12,13,15). The molecule has 0 spiro atoms. The Morgan fingerprint density at radius 3 is 2.75 bits per heavy atom. The van der Waals surface area contributed by atoms with E-state index < -0.39 is 0 Å². The van der Waals surface area contributed by atoms with Crippen LogP contribution in [0, 0.1) is 6.92 Å². The van der Waals surface area contributed by atoms with Crippen molar-refractivity contribution in [1.82, 2.24) is 20.2 Å². The lowest BCUT2D eigenvalue weighted by Crippen LogP contribution is -2.46. The van der Waals surface area contributed by atoms with Gasteiger partial charge in [0.1, 0.15) is 11.5 Å². The number of carbonyl (C=O) groups is 1. The number of H-pyrrole nitrogens is 1. The molecule has 0 bridgehead atoms. The first-order valence-electron chi connectivity index (χ1n) is 5.25. The number of aryl methyl sites for hydroxylation is 1. The number of carbonyl (C=O) groups excluding carboxylic acids is 1. The lowest BCUT2D eigenvalue weighted by Gasteiger charge is -2.26. The zero-order valence-electron chi connectivity index (χ0n) is 9.12. The van der Waals surface area contributed by atoms with Crippen LogP contribution in [0.15, 0.2) is 10.9 Å². The summed E-state index contributed by atoms with van der Waals surface area (Å²) < 4.78 is 0. The van der Waals surface area contributed by atoms with E-state index in [2.05, 4.69) is 15.3 Å². The SMILES string of the molecule is Cc1nc(C(=O)N2CCNCC2)cc(=O)[nH]1. The number of rotatable bonds is 1. The Morgan fingerprint density at radius 2 is 2.12 bits per heavy atom. The number of nitrogens with zero attached hydrogens (tertiary/aromatic N) is 2. The van der Waals surface area contributed by atoms with E-state index in [0.717, 1.165) is 13.1 Å². The van der Waals surface area contributed by atoms with Crippen LogP contribution in [0.3, 0.4) is 0 Å². The van der Waals surface area contributed by atoms with Crippen LogP contribution >= 0.6 is 0 Å². The molecule has 0 atom stereocenters. The molecule has 0 aromatic carbocycles. The zero-order chi connectivity index (χ0) is 11.5. The minimum Gasteiger partial charge on any atom is -0.335 e. The maximum absolute atomic E-state index is 12.0. The lowest BCUT2D eigenvalue weighted by molar-refractivity contribution is 0.0729. The van der Waals surface area contributed by atoms with Crippen LogP contribution in [0.4, 0.5) is 0 Å². The molecular formula is C10H14N4O2. The highest BCUT2D eigenvalue weighted by molar-refractivity contribution is 5.92. The topological polar surface area (TPSA) is 78.1 Å². The van der Waals surface area contributed by atoms with Gasteiger partial charge in [0.25, 0.3) is 11.5 Å². The van der Waals surface area contributed by atoms with E-state index in [-0.39, 0.29) is 17.2 Å². The highest BCUT2D eigenvalue weighted by atomic mass is 16.2. The van der Waals surface area contributed by atoms with E-state index >= 15 is 0 Å². The molecule has 1 aliphatic heterocycles. The van der Waals surface area contributed by atoms with Crippen LogP contribution in [0.25, 0.3) is 0 Å². The summed E-state index contributed by atoms with van der Waals surface area (Å²) in [5.41, 5.74) is -0.0610. The summed E-state index contributed by atoms with van der Waals surface area (Å²) in [6.45, 7) is 4.55. The van der Waals surface area contributed by atoms with Crippen molar-refractivity contribution in [2.24, 2.45) is 0 Å². The molecule has 1 fully saturated rings. The Hall–Kier alpha value is -1.69. The fourth-order valence-electron chi connectivity index (χ4n) is 1.72. The van der Waals surface area contributed by atoms with Crippen molar-refractivity contribution < 1.29 is 4.79 Å². The Bertz CT molecular complexity index is 448. The zero-order valence-corrected chi connectivity index (χ0v) is 9.12. The minimum atomic E-state index is -0.286. The van der Waals surface area contributed by atoms with E-state index in [1.807, 2.05) is 0 Å². The molecular weight excluding hydrogens is 208 g/mol. The molecule has 6 heteroatoms. The van der Waals surface area contributed by atoms with Gasteiger partial charge in [0.2, 0.25) is 0 Å². The van der Waals surface area contributed by atoms with E-state index in [1.54, 1.807) is 11.8 Å². The van der Waals surface area contributed by atoms with Gasteiger partial charge < -0.3 is 15.2 Å². The van der Waals surface area contributed by atoms with Crippen molar-refractivity contribution in [2.45, 2.75) is 6.92 Å². The van der Waals surface area contributed by atoms with Crippen molar-refractivity contribution in [2.75, 3.05) is 26.2 Å². The number of hydrogen-bond donors (Lipinski definition) is 2. The molecule has 2 heterocycles. The van der Waals surface area contributed by atoms with Crippen LogP contribution < -0.4 is 10.9 Å². The second kappa shape index (κ2) is 4.44. The summed E-state index contributed by atoms with van der Waals surface area (Å²) in [6, 6.07) is 1.25. The predicted octanol–water partition coefficient (Wildman–Crippen LogP) is -0.876. The van der Waals surface area contributed by atoms with Crippen LogP contribution in [-0.4, -0.2) is 47.0 Å². The molecule has 16 heavy (non-hydrogen) atoms. The Kier molecular flexibility index (Phi) is 3.00. The summed E-state index contributed by atoms with van der Waals surface area (Å²) in [4.78, 5) is 31.5. The second-order valence-electron chi connectivity index (χ2n) is 3.76. The van der Waals surface area contributed by atoms with Gasteiger partial charge >= 0.3 is 0 Å². The highest BCUT2D eigenvalue weighted by Gasteiger charge is 2.19. The summed E-state index contributed by atoms with van der Waals surface area (Å²) in [5.74, 6) is 0.293. The number of amides is 1. The van der Waals surface area contributed by atoms with Gasteiger partial charge in [-0.25, -0.2) is 4.98 Å². The number of piperazine rings is 1. The number of aromatic nitrogens is 2. The van der Waals surface area contributed by atoms with Gasteiger partial charge in [-0.2, -0.15) is 0 Å². The van der Waals surface area contributed by atoms with Crippen molar-refractivity contribution >= 4 is 5.91 Å². The summed E-state index contributed by atoms with van der Waals surface area (Å²) >= 11 is 0. The van der Waals surface area contributed by atoms with Gasteiger partial charge in [-0.1, -0.05) is 0 Å². The van der Waals surface area contributed by atoms with Crippen LogP contribution in [0.1, 0.15) is 16.3 Å². The van der Waals surface area contributed by atoms with Gasteiger partial charge in [0, 0.05) is 32.2 Å². The first-order valence-corrected chi connectivity index (χ1v) is 5.25. The van der Waals surface area contributed by atoms with Gasteiger partial charge in [-0.05, 0) is 6.92 Å². The molecule has 0 unspecified atom stereocenters. The van der Waals surface area contributed by atoms with Gasteiger partial charge in [0.15, 0.2) is 0 Å². The molecule has 0 radical (unpaired) electrons. The number of aromatic amines is 1. The molecule has 2 N–H and O–H groups in total. The minimum absolute atomic E-state index is 0.171. The smallest absolute Gasteiger partial charge is 0.272 e. The monoisotopic (exact) mass is 222 g/mol. The Balaban J connectivity index is 2.22. The van der Waals surface area contributed by atoms with Crippen LogP contribution in [-0.2, 0) is 0 Å². The molecule has 0 aliphatic carbocycles. The highest BCUT2D eigenvalue weighted by Crippen LogP contribution is 2.01. The quantitative estimate of drug-likeness (QED) is 0.647. The molecule has 2 rings (SSSR count). The molecule has 0 saturated carbocycles. The van der Waals surface area contributed by atoms with Crippen LogP contribution in [0.5, 0.6) is 0 Å². The lowest BCUT2D eigenvalue weighted by atomic mass is 10.3. The third kappa shape index (κ3) is 2.27. The molecule has 1 saturated heterocycles. The largest absolute Gasteiger partial charge is 0.335 e. The summed E-state index contributed by atoms with van der Waals surface area (Å²) in [6.07, 6.45) is 0. The number of hydrogen-bond acceptors (Lipinski definition) is 4. The average Bonchev–Trinajstić information content (AvgIpc) is 2.28. The summed E-state index contributed by atoms with van der Waals surface area (Å²) in [7, 11) is 0. The first-order chi connectivity index (χ1) is 7.66. The van der Waals surface area contributed by atoms with Crippen LogP contribution in [0.2, 0.25) is 0 Å². The predicted molar refractivity (Wildman–Crippen MR) is 58.4 cm³/mol. The fourth-order valence-corrected chi connectivity index (χ4v) is 1.72. The average molecular weight is 222 g/mol. The maximum atomic E-state index is 12.0. The van der Waals surface area contributed by atoms with Crippen molar-refractivity contribution in [3.63, 3.8) is 0 Å². The molecule has 6 nitrogen and oxygen atoms in total. The molecule has 1 aliphatic rings. The normalized spacial score (nSPS) is 16.2.